The van der Waals surface area contributed by atoms with Crippen LogP contribution in [0.4, 0.5) is 0 Å². The van der Waals surface area contributed by atoms with E-state index in [4.69, 9.17) is 0 Å². The number of carbonyl (C=O) groups excluding carboxylic acids is 3. The average Bonchev–Trinajstić information content (AvgIpc) is 2.75. The number of nitrogens with zero attached hydrogens (tertiary/aromatic N) is 3. The lowest BCUT2D eigenvalue weighted by Crippen LogP contribution is -2.53. The first-order valence-electron chi connectivity index (χ1n) is 10.7. The van der Waals surface area contributed by atoms with Gasteiger partial charge < -0.3 is 15.1 Å². The van der Waals surface area contributed by atoms with Crippen LogP contribution < -0.4 is 5.32 Å². The molecule has 1 N–H and O–H groups in total. The molecule has 0 bridgehead atoms. The van der Waals surface area contributed by atoms with E-state index in [1.165, 1.54) is 6.42 Å². The molecule has 0 radical (unpaired) electrons. The molecule has 2 heterocycles. The summed E-state index contributed by atoms with van der Waals surface area (Å²) in [5, 5.41) is 2.80. The Labute approximate surface area is 173 Å². The topological polar surface area (TPSA) is 73.0 Å². The van der Waals surface area contributed by atoms with Gasteiger partial charge in [-0.1, -0.05) is 18.2 Å². The second kappa shape index (κ2) is 10.4. The molecule has 2 aliphatic heterocycles. The molecule has 29 heavy (non-hydrogen) atoms. The van der Waals surface area contributed by atoms with E-state index in [0.29, 0.717) is 44.2 Å². The summed E-state index contributed by atoms with van der Waals surface area (Å²) in [4.78, 5) is 43.0. The number of nitrogens with one attached hydrogen (secondary N) is 1. The number of piperazine rings is 1. The molecule has 1 atom stereocenters. The van der Waals surface area contributed by atoms with E-state index in [2.05, 4.69) is 17.1 Å². The lowest BCUT2D eigenvalue weighted by Gasteiger charge is -2.38. The van der Waals surface area contributed by atoms with E-state index in [1.807, 2.05) is 28.0 Å². The summed E-state index contributed by atoms with van der Waals surface area (Å²) in [6.45, 7) is 6.48. The van der Waals surface area contributed by atoms with Crippen molar-refractivity contribution in [2.45, 2.75) is 38.6 Å². The van der Waals surface area contributed by atoms with Gasteiger partial charge >= 0.3 is 0 Å². The molecule has 1 aromatic carbocycles. The molecule has 158 valence electrons. The molecule has 0 saturated carbocycles. The fraction of sp³-hybridized carbons (Fsp3) is 0.591. The van der Waals surface area contributed by atoms with E-state index in [-0.39, 0.29) is 17.7 Å². The first kappa shape index (κ1) is 21.3. The van der Waals surface area contributed by atoms with Gasteiger partial charge in [-0.05, 0) is 38.3 Å². The Hall–Kier alpha value is -2.41. The molecule has 0 aliphatic carbocycles. The molecule has 3 amide bonds. The average molecular weight is 401 g/mol. The van der Waals surface area contributed by atoms with Crippen molar-refractivity contribution in [3.05, 3.63) is 35.9 Å². The van der Waals surface area contributed by atoms with Gasteiger partial charge in [0.1, 0.15) is 0 Å². The van der Waals surface area contributed by atoms with Crippen molar-refractivity contribution in [2.24, 2.45) is 0 Å². The standard InChI is InChI=1S/C22H32N4O3/c1-18-7-5-6-12-26(18)21(28)17-24-13-15-25(16-14-24)20(27)10-11-23-22(29)19-8-3-2-4-9-19/h2-4,8-9,18H,5-7,10-17H2,1H3,(H,23,29). The monoisotopic (exact) mass is 400 g/mol. The van der Waals surface area contributed by atoms with Crippen LogP contribution in [-0.4, -0.2) is 84.3 Å². The van der Waals surface area contributed by atoms with Gasteiger partial charge in [0, 0.05) is 57.3 Å². The zero-order valence-corrected chi connectivity index (χ0v) is 17.3. The maximum absolute atomic E-state index is 12.6. The molecular formula is C22H32N4O3. The second-order valence-electron chi connectivity index (χ2n) is 7.96. The third-order valence-electron chi connectivity index (χ3n) is 5.87. The van der Waals surface area contributed by atoms with Crippen molar-refractivity contribution < 1.29 is 14.4 Å². The highest BCUT2D eigenvalue weighted by Crippen LogP contribution is 2.17. The Morgan fingerprint density at radius 2 is 1.69 bits per heavy atom. The SMILES string of the molecule is CC1CCCCN1C(=O)CN1CCN(C(=O)CCNC(=O)c2ccccc2)CC1. The summed E-state index contributed by atoms with van der Waals surface area (Å²) in [7, 11) is 0. The van der Waals surface area contributed by atoms with Crippen LogP contribution in [0.5, 0.6) is 0 Å². The van der Waals surface area contributed by atoms with E-state index in [9.17, 15) is 14.4 Å². The first-order chi connectivity index (χ1) is 14.0. The molecule has 2 saturated heterocycles. The normalized spacial score (nSPS) is 20.4. The predicted molar refractivity (Wildman–Crippen MR) is 111 cm³/mol. The molecule has 0 spiro atoms. The van der Waals surface area contributed by atoms with Crippen molar-refractivity contribution in [3.8, 4) is 0 Å². The Balaban J connectivity index is 1.35. The molecule has 2 fully saturated rings. The van der Waals surface area contributed by atoms with Crippen LogP contribution in [-0.2, 0) is 9.59 Å². The molecule has 0 aromatic heterocycles. The zero-order valence-electron chi connectivity index (χ0n) is 17.3. The fourth-order valence-corrected chi connectivity index (χ4v) is 4.04. The Bertz CT molecular complexity index is 701. The van der Waals surface area contributed by atoms with Crippen LogP contribution in [0.15, 0.2) is 30.3 Å². The van der Waals surface area contributed by atoms with Crippen molar-refractivity contribution in [1.29, 1.82) is 0 Å². The number of amides is 3. The summed E-state index contributed by atoms with van der Waals surface area (Å²) >= 11 is 0. The zero-order chi connectivity index (χ0) is 20.6. The van der Waals surface area contributed by atoms with E-state index >= 15 is 0 Å². The highest BCUT2D eigenvalue weighted by molar-refractivity contribution is 5.94. The van der Waals surface area contributed by atoms with Crippen LogP contribution in [0.2, 0.25) is 0 Å². The highest BCUT2D eigenvalue weighted by Gasteiger charge is 2.27. The number of carbonyl (C=O) groups is 3. The largest absolute Gasteiger partial charge is 0.352 e. The minimum Gasteiger partial charge on any atom is -0.352 e. The number of hydrogen-bond acceptors (Lipinski definition) is 4. The fourth-order valence-electron chi connectivity index (χ4n) is 4.04. The molecule has 3 rings (SSSR count). The molecule has 1 unspecified atom stereocenters. The maximum Gasteiger partial charge on any atom is 0.251 e. The number of hydrogen-bond donors (Lipinski definition) is 1. The molecule has 1 aromatic rings. The Morgan fingerprint density at radius 3 is 2.38 bits per heavy atom. The third-order valence-corrected chi connectivity index (χ3v) is 5.87. The summed E-state index contributed by atoms with van der Waals surface area (Å²) in [5.74, 6) is 0.100. The number of likely N-dealkylation sites (tertiary alicyclic amines) is 1. The van der Waals surface area contributed by atoms with Crippen molar-refractivity contribution in [2.75, 3.05) is 45.8 Å². The van der Waals surface area contributed by atoms with Crippen LogP contribution in [0.1, 0.15) is 43.0 Å². The Morgan fingerprint density at radius 1 is 0.966 bits per heavy atom. The smallest absolute Gasteiger partial charge is 0.251 e. The summed E-state index contributed by atoms with van der Waals surface area (Å²) < 4.78 is 0. The van der Waals surface area contributed by atoms with Crippen molar-refractivity contribution in [1.82, 2.24) is 20.0 Å². The van der Waals surface area contributed by atoms with E-state index in [1.54, 1.807) is 12.1 Å². The number of benzene rings is 1. The number of piperidine rings is 1. The van der Waals surface area contributed by atoms with Crippen LogP contribution in [0.25, 0.3) is 0 Å². The Kier molecular flexibility index (Phi) is 7.63. The van der Waals surface area contributed by atoms with Gasteiger partial charge in [0.25, 0.3) is 5.91 Å². The maximum atomic E-state index is 12.6. The summed E-state index contributed by atoms with van der Waals surface area (Å²) in [6.07, 6.45) is 3.69. The van der Waals surface area contributed by atoms with Gasteiger partial charge in [-0.2, -0.15) is 0 Å². The van der Waals surface area contributed by atoms with Gasteiger partial charge in [-0.3, -0.25) is 19.3 Å². The lowest BCUT2D eigenvalue weighted by molar-refractivity contribution is -0.137. The minimum atomic E-state index is -0.159. The highest BCUT2D eigenvalue weighted by atomic mass is 16.2. The van der Waals surface area contributed by atoms with Gasteiger partial charge in [0.15, 0.2) is 0 Å². The predicted octanol–water partition coefficient (Wildman–Crippen LogP) is 1.35. The molecule has 7 heteroatoms. The van der Waals surface area contributed by atoms with Crippen molar-refractivity contribution >= 4 is 17.7 Å². The number of rotatable bonds is 6. The third kappa shape index (κ3) is 6.03. The molecule has 2 aliphatic rings. The quantitative estimate of drug-likeness (QED) is 0.782. The molecular weight excluding hydrogens is 368 g/mol. The van der Waals surface area contributed by atoms with Gasteiger partial charge in [-0.25, -0.2) is 0 Å². The van der Waals surface area contributed by atoms with Gasteiger partial charge in [0.05, 0.1) is 6.54 Å². The minimum absolute atomic E-state index is 0.0500. The summed E-state index contributed by atoms with van der Waals surface area (Å²) in [5.41, 5.74) is 0.598. The van der Waals surface area contributed by atoms with E-state index in [0.717, 1.165) is 32.5 Å². The lowest BCUT2D eigenvalue weighted by atomic mass is 10.0. The van der Waals surface area contributed by atoms with Crippen LogP contribution in [0.3, 0.4) is 0 Å². The van der Waals surface area contributed by atoms with Crippen LogP contribution >= 0.6 is 0 Å². The first-order valence-corrected chi connectivity index (χ1v) is 10.7. The molecule has 7 nitrogen and oxygen atoms in total. The second-order valence-corrected chi connectivity index (χ2v) is 7.96. The van der Waals surface area contributed by atoms with Gasteiger partial charge in [0.2, 0.25) is 11.8 Å². The van der Waals surface area contributed by atoms with Crippen LogP contribution in [0, 0.1) is 0 Å². The summed E-state index contributed by atoms with van der Waals surface area (Å²) in [6, 6.07) is 9.34. The van der Waals surface area contributed by atoms with E-state index < -0.39 is 0 Å². The van der Waals surface area contributed by atoms with Gasteiger partial charge in [-0.15, -0.1) is 0 Å². The van der Waals surface area contributed by atoms with Crippen molar-refractivity contribution in [3.63, 3.8) is 0 Å².